The van der Waals surface area contributed by atoms with Crippen molar-refractivity contribution in [2.75, 3.05) is 31.2 Å². The number of anilines is 1. The van der Waals surface area contributed by atoms with Crippen molar-refractivity contribution in [2.45, 2.75) is 0 Å². The molecule has 0 amide bonds. The molecule has 0 unspecified atom stereocenters. The van der Waals surface area contributed by atoms with Crippen LogP contribution in [0.3, 0.4) is 0 Å². The van der Waals surface area contributed by atoms with Gasteiger partial charge in [0, 0.05) is 13.1 Å². The zero-order chi connectivity index (χ0) is 12.5. The van der Waals surface area contributed by atoms with Crippen molar-refractivity contribution >= 4 is 16.9 Å². The van der Waals surface area contributed by atoms with Gasteiger partial charge in [-0.25, -0.2) is 0 Å². The fourth-order valence-corrected chi connectivity index (χ4v) is 2.10. The number of fused-ring (bicyclic) bond motifs is 1. The highest BCUT2D eigenvalue weighted by Crippen LogP contribution is 2.28. The molecule has 0 aliphatic carbocycles. The summed E-state index contributed by atoms with van der Waals surface area (Å²) in [5.41, 5.74) is 0.0973. The second kappa shape index (κ2) is 4.34. The van der Waals surface area contributed by atoms with Crippen molar-refractivity contribution in [1.29, 1.82) is 0 Å². The van der Waals surface area contributed by atoms with E-state index in [1.54, 1.807) is 24.3 Å². The van der Waals surface area contributed by atoms with Gasteiger partial charge in [0.05, 0.1) is 18.6 Å². The van der Waals surface area contributed by atoms with E-state index in [1.165, 1.54) is 0 Å². The lowest BCUT2D eigenvalue weighted by Gasteiger charge is -2.27. The Morgan fingerprint density at radius 2 is 1.89 bits per heavy atom. The molecule has 2 heterocycles. The maximum absolute atomic E-state index is 12.0. The molecule has 0 bridgehead atoms. The Kier molecular flexibility index (Phi) is 2.68. The number of hydrogen-bond donors (Lipinski definition) is 1. The average molecular weight is 247 g/mol. The predicted octanol–water partition coefficient (Wildman–Crippen LogP) is 1.34. The first-order chi connectivity index (χ1) is 8.77. The number of rotatable bonds is 1. The van der Waals surface area contributed by atoms with Crippen molar-refractivity contribution in [3.05, 3.63) is 34.5 Å². The normalized spacial score (nSPS) is 16.1. The van der Waals surface area contributed by atoms with Gasteiger partial charge in [-0.2, -0.15) is 0 Å². The van der Waals surface area contributed by atoms with E-state index < -0.39 is 5.43 Å². The van der Waals surface area contributed by atoms with Gasteiger partial charge in [0.1, 0.15) is 5.58 Å². The van der Waals surface area contributed by atoms with Gasteiger partial charge in [-0.05, 0) is 12.1 Å². The third-order valence-electron chi connectivity index (χ3n) is 3.05. The molecule has 1 aromatic carbocycles. The number of benzene rings is 1. The first kappa shape index (κ1) is 11.1. The van der Waals surface area contributed by atoms with Crippen LogP contribution in [-0.2, 0) is 4.74 Å². The summed E-state index contributed by atoms with van der Waals surface area (Å²) in [5.74, 6) is -0.0856. The molecular weight excluding hydrogens is 234 g/mol. The van der Waals surface area contributed by atoms with Crippen molar-refractivity contribution in [1.82, 2.24) is 0 Å². The molecule has 1 aliphatic heterocycles. The molecular formula is C13H13NO4. The molecule has 0 spiro atoms. The van der Waals surface area contributed by atoms with Crippen LogP contribution < -0.4 is 10.3 Å². The molecule has 1 aliphatic rings. The van der Waals surface area contributed by atoms with Crippen LogP contribution in [0.2, 0.25) is 0 Å². The molecule has 5 nitrogen and oxygen atoms in total. The number of hydrogen-bond acceptors (Lipinski definition) is 5. The molecule has 94 valence electrons. The van der Waals surface area contributed by atoms with Crippen molar-refractivity contribution < 1.29 is 14.3 Å². The highest BCUT2D eigenvalue weighted by atomic mass is 16.5. The zero-order valence-corrected chi connectivity index (χ0v) is 9.76. The molecule has 0 saturated carbocycles. The van der Waals surface area contributed by atoms with E-state index >= 15 is 0 Å². The number of morpholine rings is 1. The Labute approximate surface area is 103 Å². The third kappa shape index (κ3) is 1.73. The first-order valence-corrected chi connectivity index (χ1v) is 5.85. The van der Waals surface area contributed by atoms with Crippen LogP contribution in [0, 0.1) is 0 Å². The summed E-state index contributed by atoms with van der Waals surface area (Å²) in [6, 6.07) is 6.91. The lowest BCUT2D eigenvalue weighted by atomic mass is 10.2. The monoisotopic (exact) mass is 247 g/mol. The molecule has 1 fully saturated rings. The SMILES string of the molecule is O=c1c(O)c(N2CCOCC2)oc2ccccc12. The number of aromatic hydroxyl groups is 1. The zero-order valence-electron chi connectivity index (χ0n) is 9.76. The van der Waals surface area contributed by atoms with E-state index in [-0.39, 0.29) is 11.6 Å². The van der Waals surface area contributed by atoms with Gasteiger partial charge >= 0.3 is 0 Å². The Morgan fingerprint density at radius 1 is 1.17 bits per heavy atom. The van der Waals surface area contributed by atoms with Crippen LogP contribution in [0.15, 0.2) is 33.5 Å². The Bertz CT molecular complexity index is 628. The number of para-hydroxylation sites is 1. The van der Waals surface area contributed by atoms with E-state index in [1.807, 2.05) is 4.90 Å². The van der Waals surface area contributed by atoms with E-state index in [4.69, 9.17) is 9.15 Å². The summed E-state index contributed by atoms with van der Waals surface area (Å²) in [7, 11) is 0. The molecule has 0 radical (unpaired) electrons. The molecule has 18 heavy (non-hydrogen) atoms. The summed E-state index contributed by atoms with van der Waals surface area (Å²) in [6.07, 6.45) is 0. The molecule has 1 aromatic heterocycles. The van der Waals surface area contributed by atoms with Crippen LogP contribution >= 0.6 is 0 Å². The maximum atomic E-state index is 12.0. The minimum Gasteiger partial charge on any atom is -0.500 e. The highest BCUT2D eigenvalue weighted by Gasteiger charge is 2.20. The third-order valence-corrected chi connectivity index (χ3v) is 3.05. The second-order valence-electron chi connectivity index (χ2n) is 4.18. The largest absolute Gasteiger partial charge is 0.500 e. The van der Waals surface area contributed by atoms with Crippen LogP contribution in [0.25, 0.3) is 11.0 Å². The molecule has 3 rings (SSSR count). The Morgan fingerprint density at radius 3 is 2.67 bits per heavy atom. The number of nitrogens with zero attached hydrogens (tertiary/aromatic N) is 1. The summed E-state index contributed by atoms with van der Waals surface area (Å²) >= 11 is 0. The average Bonchev–Trinajstić information content (AvgIpc) is 2.44. The lowest BCUT2D eigenvalue weighted by molar-refractivity contribution is 0.120. The summed E-state index contributed by atoms with van der Waals surface area (Å²) in [4.78, 5) is 13.8. The highest BCUT2D eigenvalue weighted by molar-refractivity contribution is 5.80. The van der Waals surface area contributed by atoms with Crippen LogP contribution in [0.4, 0.5) is 5.88 Å². The van der Waals surface area contributed by atoms with Crippen LogP contribution in [-0.4, -0.2) is 31.4 Å². The molecule has 0 atom stereocenters. The van der Waals surface area contributed by atoms with Gasteiger partial charge in [0.2, 0.25) is 17.1 Å². The fraction of sp³-hybridized carbons (Fsp3) is 0.308. The summed E-state index contributed by atoms with van der Waals surface area (Å²) in [6.45, 7) is 2.34. The van der Waals surface area contributed by atoms with E-state index in [9.17, 15) is 9.90 Å². The van der Waals surface area contributed by atoms with Gasteiger partial charge in [-0.15, -0.1) is 0 Å². The lowest BCUT2D eigenvalue weighted by Crippen LogP contribution is -2.36. The van der Waals surface area contributed by atoms with E-state index in [0.717, 1.165) is 0 Å². The molecule has 5 heteroatoms. The van der Waals surface area contributed by atoms with Gasteiger partial charge in [0.15, 0.2) is 0 Å². The molecule has 1 N–H and O–H groups in total. The van der Waals surface area contributed by atoms with Crippen LogP contribution in [0.5, 0.6) is 5.75 Å². The van der Waals surface area contributed by atoms with Gasteiger partial charge in [-0.3, -0.25) is 4.79 Å². The van der Waals surface area contributed by atoms with E-state index in [2.05, 4.69) is 0 Å². The number of ether oxygens (including phenoxy) is 1. The summed E-state index contributed by atoms with van der Waals surface area (Å²) in [5, 5.41) is 10.4. The molecule has 1 saturated heterocycles. The van der Waals surface area contributed by atoms with Crippen LogP contribution in [0.1, 0.15) is 0 Å². The van der Waals surface area contributed by atoms with Gasteiger partial charge in [0.25, 0.3) is 0 Å². The smallest absolute Gasteiger partial charge is 0.242 e. The molecule has 2 aromatic rings. The van der Waals surface area contributed by atoms with Gasteiger partial charge < -0.3 is 19.2 Å². The van der Waals surface area contributed by atoms with Crippen molar-refractivity contribution in [3.8, 4) is 5.75 Å². The minimum atomic E-state index is -0.390. The summed E-state index contributed by atoms with van der Waals surface area (Å²) < 4.78 is 10.9. The maximum Gasteiger partial charge on any atom is 0.242 e. The standard InChI is InChI=1S/C13H13NO4/c15-11-9-3-1-2-4-10(9)18-13(12(11)16)14-5-7-17-8-6-14/h1-4,16H,5-8H2. The first-order valence-electron chi connectivity index (χ1n) is 5.85. The second-order valence-corrected chi connectivity index (χ2v) is 4.18. The Balaban J connectivity index is 2.17. The predicted molar refractivity (Wildman–Crippen MR) is 67.2 cm³/mol. The Hall–Kier alpha value is -2.01. The van der Waals surface area contributed by atoms with E-state index in [0.29, 0.717) is 37.3 Å². The van der Waals surface area contributed by atoms with Crippen molar-refractivity contribution in [2.24, 2.45) is 0 Å². The quantitative estimate of drug-likeness (QED) is 0.823. The van der Waals surface area contributed by atoms with Gasteiger partial charge in [-0.1, -0.05) is 12.1 Å². The topological polar surface area (TPSA) is 62.9 Å². The fourth-order valence-electron chi connectivity index (χ4n) is 2.10. The minimum absolute atomic E-state index is 0.238. The van der Waals surface area contributed by atoms with Crippen molar-refractivity contribution in [3.63, 3.8) is 0 Å².